The first-order chi connectivity index (χ1) is 10.5. The van der Waals surface area contributed by atoms with E-state index in [0.717, 1.165) is 10.9 Å². The molecule has 0 aliphatic carbocycles. The fraction of sp³-hybridized carbons (Fsp3) is 0.118. The third-order valence-corrected chi connectivity index (χ3v) is 4.08. The second-order valence-electron chi connectivity index (χ2n) is 4.90. The third kappa shape index (κ3) is 2.96. The van der Waals surface area contributed by atoms with Crippen LogP contribution in [0.1, 0.15) is 11.1 Å². The predicted molar refractivity (Wildman–Crippen MR) is 88.0 cm³/mol. The van der Waals surface area contributed by atoms with Gasteiger partial charge in [0.25, 0.3) is 0 Å². The highest BCUT2D eigenvalue weighted by Gasteiger charge is 2.10. The van der Waals surface area contributed by atoms with Gasteiger partial charge in [-0.1, -0.05) is 35.3 Å². The molecule has 0 N–H and O–H groups in total. The SMILES string of the molecule is Cc1c(Cl)c(=O)oc2cc(OCc3ccc(Cl)cc3)ccc12. The van der Waals surface area contributed by atoms with E-state index in [-0.39, 0.29) is 5.02 Å². The van der Waals surface area contributed by atoms with Gasteiger partial charge in [0.1, 0.15) is 23.0 Å². The van der Waals surface area contributed by atoms with Crippen LogP contribution in [-0.4, -0.2) is 0 Å². The molecule has 0 amide bonds. The van der Waals surface area contributed by atoms with E-state index < -0.39 is 5.63 Å². The lowest BCUT2D eigenvalue weighted by Gasteiger charge is -2.08. The normalized spacial score (nSPS) is 10.9. The standard InChI is InChI=1S/C17H12Cl2O3/c1-10-14-7-6-13(8-15(14)22-17(20)16(10)19)21-9-11-2-4-12(18)5-3-11/h2-8H,9H2,1H3. The van der Waals surface area contributed by atoms with E-state index in [4.69, 9.17) is 32.4 Å². The maximum atomic E-state index is 11.6. The van der Waals surface area contributed by atoms with Crippen molar-refractivity contribution in [2.24, 2.45) is 0 Å². The van der Waals surface area contributed by atoms with E-state index >= 15 is 0 Å². The summed E-state index contributed by atoms with van der Waals surface area (Å²) >= 11 is 11.7. The molecule has 5 heteroatoms. The lowest BCUT2D eigenvalue weighted by Crippen LogP contribution is -2.02. The Morgan fingerprint density at radius 3 is 2.55 bits per heavy atom. The maximum Gasteiger partial charge on any atom is 0.355 e. The van der Waals surface area contributed by atoms with E-state index in [2.05, 4.69) is 0 Å². The van der Waals surface area contributed by atoms with Gasteiger partial charge in [0.2, 0.25) is 0 Å². The van der Waals surface area contributed by atoms with Gasteiger partial charge in [-0.25, -0.2) is 4.79 Å². The predicted octanol–water partition coefficient (Wildman–Crippen LogP) is 4.99. The monoisotopic (exact) mass is 334 g/mol. The van der Waals surface area contributed by atoms with Crippen LogP contribution in [-0.2, 0) is 6.61 Å². The van der Waals surface area contributed by atoms with Gasteiger partial charge >= 0.3 is 5.63 Å². The molecule has 0 unspecified atom stereocenters. The van der Waals surface area contributed by atoms with Gasteiger partial charge < -0.3 is 9.15 Å². The van der Waals surface area contributed by atoms with Crippen LogP contribution in [0.25, 0.3) is 11.0 Å². The van der Waals surface area contributed by atoms with Crippen LogP contribution in [0.3, 0.4) is 0 Å². The highest BCUT2D eigenvalue weighted by Crippen LogP contribution is 2.26. The molecule has 0 atom stereocenters. The van der Waals surface area contributed by atoms with Gasteiger partial charge in [0, 0.05) is 16.5 Å². The highest BCUT2D eigenvalue weighted by atomic mass is 35.5. The van der Waals surface area contributed by atoms with Crippen LogP contribution in [0, 0.1) is 6.92 Å². The molecule has 0 bridgehead atoms. The minimum absolute atomic E-state index is 0.113. The Kier molecular flexibility index (Phi) is 4.10. The number of hydrogen-bond acceptors (Lipinski definition) is 3. The van der Waals surface area contributed by atoms with Crippen molar-refractivity contribution in [1.82, 2.24) is 0 Å². The zero-order valence-electron chi connectivity index (χ0n) is 11.7. The van der Waals surface area contributed by atoms with Crippen LogP contribution >= 0.6 is 23.2 Å². The van der Waals surface area contributed by atoms with E-state index in [0.29, 0.717) is 28.5 Å². The Bertz CT molecular complexity index is 883. The van der Waals surface area contributed by atoms with Crippen LogP contribution < -0.4 is 10.4 Å². The molecule has 1 aromatic heterocycles. The third-order valence-electron chi connectivity index (χ3n) is 3.39. The summed E-state index contributed by atoms with van der Waals surface area (Å²) in [6.45, 7) is 2.19. The first-order valence-corrected chi connectivity index (χ1v) is 7.40. The molecular weight excluding hydrogens is 323 g/mol. The molecule has 1 heterocycles. The minimum atomic E-state index is -0.540. The topological polar surface area (TPSA) is 39.4 Å². The molecule has 3 aromatic rings. The van der Waals surface area contributed by atoms with Crippen molar-refractivity contribution in [1.29, 1.82) is 0 Å². The van der Waals surface area contributed by atoms with Crippen LogP contribution in [0.4, 0.5) is 0 Å². The lowest BCUT2D eigenvalue weighted by atomic mass is 10.1. The van der Waals surface area contributed by atoms with Crippen LogP contribution in [0.2, 0.25) is 10.0 Å². The van der Waals surface area contributed by atoms with Gasteiger partial charge in [-0.3, -0.25) is 0 Å². The van der Waals surface area contributed by atoms with E-state index in [1.54, 1.807) is 13.0 Å². The number of rotatable bonds is 3. The fourth-order valence-electron chi connectivity index (χ4n) is 2.15. The largest absolute Gasteiger partial charge is 0.489 e. The first-order valence-electron chi connectivity index (χ1n) is 6.65. The van der Waals surface area contributed by atoms with Crippen molar-refractivity contribution in [2.75, 3.05) is 0 Å². The molecule has 0 aliphatic rings. The Hall–Kier alpha value is -1.97. The Morgan fingerprint density at radius 1 is 1.09 bits per heavy atom. The summed E-state index contributed by atoms with van der Waals surface area (Å²) in [5.41, 5.74) is 1.62. The van der Waals surface area contributed by atoms with E-state index in [1.807, 2.05) is 36.4 Å². The summed E-state index contributed by atoms with van der Waals surface area (Å²) in [4.78, 5) is 11.6. The molecule has 112 valence electrons. The average Bonchev–Trinajstić information content (AvgIpc) is 2.52. The number of hydrogen-bond donors (Lipinski definition) is 0. The average molecular weight is 335 g/mol. The summed E-state index contributed by atoms with van der Waals surface area (Å²) in [6, 6.07) is 12.8. The molecule has 0 fully saturated rings. The summed E-state index contributed by atoms with van der Waals surface area (Å²) in [5.74, 6) is 0.618. The van der Waals surface area contributed by atoms with Crippen molar-refractivity contribution >= 4 is 34.2 Å². The molecule has 0 saturated carbocycles. The Morgan fingerprint density at radius 2 is 1.82 bits per heavy atom. The quantitative estimate of drug-likeness (QED) is 0.633. The van der Waals surface area contributed by atoms with E-state index in [9.17, 15) is 4.79 Å². The van der Waals surface area contributed by atoms with Gasteiger partial charge in [0.05, 0.1) is 0 Å². The highest BCUT2D eigenvalue weighted by molar-refractivity contribution is 6.31. The molecule has 3 nitrogen and oxygen atoms in total. The van der Waals surface area contributed by atoms with Crippen molar-refractivity contribution in [2.45, 2.75) is 13.5 Å². The van der Waals surface area contributed by atoms with Crippen LogP contribution in [0.5, 0.6) is 5.75 Å². The summed E-state index contributed by atoms with van der Waals surface area (Å²) in [7, 11) is 0. The Labute approximate surface area is 137 Å². The van der Waals surface area contributed by atoms with Gasteiger partial charge in [-0.05, 0) is 42.3 Å². The van der Waals surface area contributed by atoms with Crippen LogP contribution in [0.15, 0.2) is 51.7 Å². The number of ether oxygens (including phenoxy) is 1. The smallest absolute Gasteiger partial charge is 0.355 e. The summed E-state index contributed by atoms with van der Waals surface area (Å²) in [6.07, 6.45) is 0. The van der Waals surface area contributed by atoms with Crippen molar-refractivity contribution < 1.29 is 9.15 Å². The minimum Gasteiger partial charge on any atom is -0.489 e. The van der Waals surface area contributed by atoms with Gasteiger partial charge in [-0.15, -0.1) is 0 Å². The number of fused-ring (bicyclic) bond motifs is 1. The number of aryl methyl sites for hydroxylation is 1. The van der Waals surface area contributed by atoms with Crippen molar-refractivity contribution in [3.05, 3.63) is 74.1 Å². The lowest BCUT2D eigenvalue weighted by molar-refractivity contribution is 0.306. The zero-order valence-corrected chi connectivity index (χ0v) is 13.2. The molecule has 2 aromatic carbocycles. The number of benzene rings is 2. The molecular formula is C17H12Cl2O3. The Balaban J connectivity index is 1.87. The van der Waals surface area contributed by atoms with Crippen molar-refractivity contribution in [3.63, 3.8) is 0 Å². The maximum absolute atomic E-state index is 11.6. The molecule has 0 spiro atoms. The second kappa shape index (κ2) is 6.03. The molecule has 22 heavy (non-hydrogen) atoms. The van der Waals surface area contributed by atoms with Gasteiger partial charge in [0.15, 0.2) is 0 Å². The second-order valence-corrected chi connectivity index (χ2v) is 5.72. The molecule has 0 radical (unpaired) electrons. The van der Waals surface area contributed by atoms with Gasteiger partial charge in [-0.2, -0.15) is 0 Å². The van der Waals surface area contributed by atoms with E-state index in [1.165, 1.54) is 0 Å². The number of halogens is 2. The van der Waals surface area contributed by atoms with Crippen molar-refractivity contribution in [3.8, 4) is 5.75 Å². The zero-order chi connectivity index (χ0) is 15.7. The molecule has 0 aliphatic heterocycles. The summed E-state index contributed by atoms with van der Waals surface area (Å²) in [5, 5.41) is 1.59. The summed E-state index contributed by atoms with van der Waals surface area (Å²) < 4.78 is 10.9. The molecule has 0 saturated heterocycles. The first kappa shape index (κ1) is 14.9. The fourth-order valence-corrected chi connectivity index (χ4v) is 2.42. The molecule has 3 rings (SSSR count).